The first-order chi connectivity index (χ1) is 13.0. The predicted molar refractivity (Wildman–Crippen MR) is 101 cm³/mol. The fraction of sp³-hybridized carbons (Fsp3) is 0.300. The average Bonchev–Trinajstić information content (AvgIpc) is 3.26. The van der Waals surface area contributed by atoms with Gasteiger partial charge < -0.3 is 15.2 Å². The van der Waals surface area contributed by atoms with Crippen LogP contribution in [0.3, 0.4) is 0 Å². The number of hydrogen-bond donors (Lipinski definition) is 1. The van der Waals surface area contributed by atoms with Gasteiger partial charge in [0.2, 0.25) is 5.91 Å². The van der Waals surface area contributed by atoms with Gasteiger partial charge in [0.1, 0.15) is 11.5 Å². The number of benzene rings is 1. The second kappa shape index (κ2) is 6.83. The summed E-state index contributed by atoms with van der Waals surface area (Å²) in [6, 6.07) is 11.2. The molecule has 27 heavy (non-hydrogen) atoms. The normalized spacial score (nSPS) is 16.8. The summed E-state index contributed by atoms with van der Waals surface area (Å²) in [5.41, 5.74) is 7.91. The number of nitrogens with zero attached hydrogens (tertiary/aromatic N) is 4. The highest BCUT2D eigenvalue weighted by atomic mass is 16.2. The minimum absolute atomic E-state index is 0.0893. The van der Waals surface area contributed by atoms with Crippen molar-refractivity contribution >= 4 is 22.8 Å². The number of likely N-dealkylation sites (tertiary alicyclic amines) is 1. The Bertz CT molecular complexity index is 1010. The Labute approximate surface area is 156 Å². The van der Waals surface area contributed by atoms with Crippen molar-refractivity contribution in [2.45, 2.75) is 32.4 Å². The third kappa shape index (κ3) is 3.16. The van der Waals surface area contributed by atoms with Gasteiger partial charge in [0.15, 0.2) is 0 Å². The Morgan fingerprint density at radius 3 is 2.78 bits per heavy atom. The molecule has 3 heterocycles. The molecule has 1 aromatic carbocycles. The number of aryl methyl sites for hydroxylation is 1. The Balaban J connectivity index is 1.57. The summed E-state index contributed by atoms with van der Waals surface area (Å²) in [5, 5.41) is 0. The van der Waals surface area contributed by atoms with Crippen LogP contribution in [-0.4, -0.2) is 43.8 Å². The third-order valence-electron chi connectivity index (χ3n) is 5.14. The zero-order chi connectivity index (χ0) is 19.0. The molecule has 0 bridgehead atoms. The van der Waals surface area contributed by atoms with Crippen LogP contribution in [0.2, 0.25) is 0 Å². The summed E-state index contributed by atoms with van der Waals surface area (Å²) in [5.74, 6) is 0.276. The number of fused-ring (bicyclic) bond motifs is 1. The molecule has 1 aliphatic rings. The lowest BCUT2D eigenvalue weighted by atomic mass is 10.2. The largest absolute Gasteiger partial charge is 0.366 e. The van der Waals surface area contributed by atoms with Crippen molar-refractivity contribution in [3.8, 4) is 0 Å². The molecule has 2 N–H and O–H groups in total. The van der Waals surface area contributed by atoms with Crippen molar-refractivity contribution in [2.24, 2.45) is 5.73 Å². The van der Waals surface area contributed by atoms with E-state index < -0.39 is 5.91 Å². The molecule has 2 aromatic heterocycles. The van der Waals surface area contributed by atoms with Gasteiger partial charge in [0.25, 0.3) is 5.91 Å². The summed E-state index contributed by atoms with van der Waals surface area (Å²) in [6.07, 6.45) is 3.26. The smallest absolute Gasteiger partial charge is 0.272 e. The number of aromatic nitrogens is 3. The Hall–Kier alpha value is -3.22. The molecule has 1 unspecified atom stereocenters. The van der Waals surface area contributed by atoms with E-state index >= 15 is 0 Å². The number of carbonyl (C=O) groups excluding carboxylic acids is 2. The number of carbonyl (C=O) groups is 2. The second-order valence-electron chi connectivity index (χ2n) is 6.85. The zero-order valence-corrected chi connectivity index (χ0v) is 15.1. The van der Waals surface area contributed by atoms with Gasteiger partial charge >= 0.3 is 0 Å². The van der Waals surface area contributed by atoms with Crippen LogP contribution in [-0.2, 0) is 6.54 Å². The monoisotopic (exact) mass is 363 g/mol. The van der Waals surface area contributed by atoms with E-state index in [2.05, 4.69) is 20.6 Å². The molecule has 0 saturated carbocycles. The lowest BCUT2D eigenvalue weighted by Crippen LogP contribution is -2.38. The first-order valence-electron chi connectivity index (χ1n) is 9.03. The lowest BCUT2D eigenvalue weighted by molar-refractivity contribution is 0.0718. The molecular formula is C20H21N5O2. The number of nitrogens with two attached hydrogens (primary N) is 1. The molecule has 7 nitrogen and oxygen atoms in total. The molecule has 1 aliphatic heterocycles. The summed E-state index contributed by atoms with van der Waals surface area (Å²) >= 11 is 0. The van der Waals surface area contributed by atoms with E-state index in [0.717, 1.165) is 29.7 Å². The number of para-hydroxylation sites is 2. The van der Waals surface area contributed by atoms with E-state index in [-0.39, 0.29) is 11.9 Å². The third-order valence-corrected chi connectivity index (χ3v) is 5.14. The minimum Gasteiger partial charge on any atom is -0.366 e. The average molecular weight is 363 g/mol. The van der Waals surface area contributed by atoms with E-state index in [9.17, 15) is 9.59 Å². The molecule has 138 valence electrons. The number of amides is 2. The van der Waals surface area contributed by atoms with Gasteiger partial charge in [0, 0.05) is 19.3 Å². The van der Waals surface area contributed by atoms with E-state index in [1.165, 1.54) is 6.20 Å². The van der Waals surface area contributed by atoms with Gasteiger partial charge in [-0.3, -0.25) is 14.6 Å². The molecule has 1 saturated heterocycles. The summed E-state index contributed by atoms with van der Waals surface area (Å²) in [7, 11) is 0. The highest BCUT2D eigenvalue weighted by Gasteiger charge is 2.31. The van der Waals surface area contributed by atoms with Crippen LogP contribution in [0, 0.1) is 6.92 Å². The van der Waals surface area contributed by atoms with Gasteiger partial charge in [-0.2, -0.15) is 0 Å². The van der Waals surface area contributed by atoms with Gasteiger partial charge in [-0.25, -0.2) is 4.98 Å². The number of hydrogen-bond acceptors (Lipinski definition) is 4. The molecule has 4 rings (SSSR count). The number of pyridine rings is 1. The van der Waals surface area contributed by atoms with Gasteiger partial charge in [0.05, 0.1) is 22.6 Å². The number of rotatable bonds is 4. The predicted octanol–water partition coefficient (Wildman–Crippen LogP) is 2.14. The van der Waals surface area contributed by atoms with Crippen molar-refractivity contribution in [2.75, 3.05) is 6.54 Å². The number of primary amides is 1. The maximum absolute atomic E-state index is 12.9. The van der Waals surface area contributed by atoms with Crippen molar-refractivity contribution in [3.05, 3.63) is 59.7 Å². The highest BCUT2D eigenvalue weighted by molar-refractivity contribution is 5.95. The van der Waals surface area contributed by atoms with Crippen LogP contribution in [0.4, 0.5) is 0 Å². The first kappa shape index (κ1) is 17.2. The summed E-state index contributed by atoms with van der Waals surface area (Å²) < 4.78 is 2.18. The van der Waals surface area contributed by atoms with Crippen LogP contribution in [0.15, 0.2) is 42.6 Å². The molecule has 7 heteroatoms. The molecule has 0 radical (unpaired) electrons. The van der Waals surface area contributed by atoms with Crippen molar-refractivity contribution < 1.29 is 9.59 Å². The van der Waals surface area contributed by atoms with Crippen molar-refractivity contribution in [1.82, 2.24) is 19.4 Å². The van der Waals surface area contributed by atoms with E-state index in [1.54, 1.807) is 12.1 Å². The van der Waals surface area contributed by atoms with Crippen LogP contribution >= 0.6 is 0 Å². The Kier molecular flexibility index (Phi) is 4.35. The lowest BCUT2D eigenvalue weighted by Gasteiger charge is -2.25. The Morgan fingerprint density at radius 2 is 2.04 bits per heavy atom. The standard InChI is InChI=1S/C20H21N5O2/c1-13-23-16-6-2-3-7-18(16)25(13)12-15-5-4-10-24(15)20(27)17-9-8-14(11-22-17)19(21)26/h2-3,6-9,11,15H,4-5,10,12H2,1H3,(H2,21,26). The fourth-order valence-corrected chi connectivity index (χ4v) is 3.74. The van der Waals surface area contributed by atoms with Crippen molar-refractivity contribution in [1.29, 1.82) is 0 Å². The maximum Gasteiger partial charge on any atom is 0.272 e. The Morgan fingerprint density at radius 1 is 1.22 bits per heavy atom. The first-order valence-corrected chi connectivity index (χ1v) is 9.03. The van der Waals surface area contributed by atoms with Crippen LogP contribution < -0.4 is 5.73 Å². The van der Waals surface area contributed by atoms with Gasteiger partial charge in [-0.05, 0) is 44.0 Å². The molecule has 1 atom stereocenters. The second-order valence-corrected chi connectivity index (χ2v) is 6.85. The molecular weight excluding hydrogens is 342 g/mol. The van der Waals surface area contributed by atoms with Crippen molar-refractivity contribution in [3.63, 3.8) is 0 Å². The summed E-state index contributed by atoms with van der Waals surface area (Å²) in [6.45, 7) is 3.40. The van der Waals surface area contributed by atoms with Gasteiger partial charge in [-0.15, -0.1) is 0 Å². The van der Waals surface area contributed by atoms with Gasteiger partial charge in [-0.1, -0.05) is 12.1 Å². The van der Waals surface area contributed by atoms with Crippen LogP contribution in [0.1, 0.15) is 39.5 Å². The molecule has 0 spiro atoms. The highest BCUT2D eigenvalue weighted by Crippen LogP contribution is 2.24. The van der Waals surface area contributed by atoms with E-state index in [1.807, 2.05) is 30.0 Å². The molecule has 1 fully saturated rings. The quantitative estimate of drug-likeness (QED) is 0.768. The molecule has 0 aliphatic carbocycles. The van der Waals surface area contributed by atoms with E-state index in [0.29, 0.717) is 24.3 Å². The number of imidazole rings is 1. The van der Waals surface area contributed by atoms with Crippen LogP contribution in [0.25, 0.3) is 11.0 Å². The molecule has 2 amide bonds. The topological polar surface area (TPSA) is 94.1 Å². The summed E-state index contributed by atoms with van der Waals surface area (Å²) in [4.78, 5) is 34.7. The fourth-order valence-electron chi connectivity index (χ4n) is 3.74. The van der Waals surface area contributed by atoms with E-state index in [4.69, 9.17) is 5.73 Å². The van der Waals surface area contributed by atoms with Crippen LogP contribution in [0.5, 0.6) is 0 Å². The molecule has 3 aromatic rings. The minimum atomic E-state index is -0.553. The maximum atomic E-state index is 12.9. The SMILES string of the molecule is Cc1nc2ccccc2n1CC1CCCN1C(=O)c1ccc(C(N)=O)cn1. The zero-order valence-electron chi connectivity index (χ0n) is 15.1.